The first-order valence-corrected chi connectivity index (χ1v) is 8.30. The van der Waals surface area contributed by atoms with Crippen molar-refractivity contribution in [1.82, 2.24) is 10.2 Å². The van der Waals surface area contributed by atoms with E-state index in [9.17, 15) is 4.79 Å². The Bertz CT molecular complexity index is 942. The maximum absolute atomic E-state index is 12.3. The van der Waals surface area contributed by atoms with Crippen molar-refractivity contribution in [3.05, 3.63) is 65.7 Å². The van der Waals surface area contributed by atoms with Crippen LogP contribution in [0.25, 0.3) is 0 Å². The van der Waals surface area contributed by atoms with E-state index in [1.807, 2.05) is 37.3 Å². The summed E-state index contributed by atoms with van der Waals surface area (Å²) in [5, 5.41) is 14.0. The normalized spacial score (nSPS) is 10.2. The standard InChI is InChI=1S/C20H20N4O3/c1-13-6-4-5-7-15(13)20(25)22-19-11-10-18(23-24-19)21-16-9-8-14(26-2)12-17(16)27-3/h4-12H,1-3H3,(H,21,23)(H,22,24,25). The van der Waals surface area contributed by atoms with Crippen LogP contribution in [0.1, 0.15) is 15.9 Å². The van der Waals surface area contributed by atoms with E-state index in [1.165, 1.54) is 0 Å². The third-order valence-electron chi connectivity index (χ3n) is 3.97. The molecule has 0 spiro atoms. The first kappa shape index (κ1) is 18.2. The summed E-state index contributed by atoms with van der Waals surface area (Å²) in [5.74, 6) is 1.98. The van der Waals surface area contributed by atoms with Gasteiger partial charge in [0.2, 0.25) is 0 Å². The number of methoxy groups -OCH3 is 2. The molecule has 0 radical (unpaired) electrons. The van der Waals surface area contributed by atoms with Gasteiger partial charge in [-0.2, -0.15) is 0 Å². The lowest BCUT2D eigenvalue weighted by atomic mass is 10.1. The zero-order chi connectivity index (χ0) is 19.2. The number of aromatic nitrogens is 2. The molecule has 138 valence electrons. The van der Waals surface area contributed by atoms with Crippen LogP contribution in [0.15, 0.2) is 54.6 Å². The summed E-state index contributed by atoms with van der Waals surface area (Å²) in [6.45, 7) is 1.88. The predicted octanol–water partition coefficient (Wildman–Crippen LogP) is 3.80. The quantitative estimate of drug-likeness (QED) is 0.692. The van der Waals surface area contributed by atoms with Crippen LogP contribution in [0.3, 0.4) is 0 Å². The molecule has 0 unspecified atom stereocenters. The molecular formula is C20H20N4O3. The lowest BCUT2D eigenvalue weighted by Crippen LogP contribution is -2.14. The van der Waals surface area contributed by atoms with Gasteiger partial charge in [0, 0.05) is 11.6 Å². The Morgan fingerprint density at radius 1 is 0.926 bits per heavy atom. The van der Waals surface area contributed by atoms with Gasteiger partial charge in [0.1, 0.15) is 11.5 Å². The fourth-order valence-electron chi connectivity index (χ4n) is 2.52. The van der Waals surface area contributed by atoms with Crippen molar-refractivity contribution in [2.24, 2.45) is 0 Å². The molecule has 0 bridgehead atoms. The fourth-order valence-corrected chi connectivity index (χ4v) is 2.52. The van der Waals surface area contributed by atoms with Gasteiger partial charge in [-0.1, -0.05) is 18.2 Å². The van der Waals surface area contributed by atoms with Gasteiger partial charge in [-0.3, -0.25) is 4.79 Å². The molecule has 1 aromatic heterocycles. The van der Waals surface area contributed by atoms with E-state index < -0.39 is 0 Å². The number of nitrogens with zero attached hydrogens (tertiary/aromatic N) is 2. The summed E-state index contributed by atoms with van der Waals surface area (Å²) in [4.78, 5) is 12.3. The molecule has 2 N–H and O–H groups in total. The smallest absolute Gasteiger partial charge is 0.257 e. The van der Waals surface area contributed by atoms with Gasteiger partial charge in [-0.15, -0.1) is 10.2 Å². The highest BCUT2D eigenvalue weighted by molar-refractivity contribution is 6.04. The first-order valence-electron chi connectivity index (χ1n) is 8.30. The molecule has 1 heterocycles. The zero-order valence-electron chi connectivity index (χ0n) is 15.3. The Morgan fingerprint density at radius 3 is 2.33 bits per heavy atom. The largest absolute Gasteiger partial charge is 0.497 e. The van der Waals surface area contributed by atoms with Crippen LogP contribution in [0.5, 0.6) is 11.5 Å². The van der Waals surface area contributed by atoms with Gasteiger partial charge in [-0.05, 0) is 42.8 Å². The minimum atomic E-state index is -0.222. The average Bonchev–Trinajstić information content (AvgIpc) is 2.70. The van der Waals surface area contributed by atoms with Crippen LogP contribution in [-0.2, 0) is 0 Å². The SMILES string of the molecule is COc1ccc(Nc2ccc(NC(=O)c3ccccc3C)nn2)c(OC)c1. The van der Waals surface area contributed by atoms with E-state index in [4.69, 9.17) is 9.47 Å². The fraction of sp³-hybridized carbons (Fsp3) is 0.150. The van der Waals surface area contributed by atoms with Crippen molar-refractivity contribution >= 4 is 23.2 Å². The van der Waals surface area contributed by atoms with E-state index >= 15 is 0 Å². The molecular weight excluding hydrogens is 344 g/mol. The van der Waals surface area contributed by atoms with Gasteiger partial charge < -0.3 is 20.1 Å². The Hall–Kier alpha value is -3.61. The lowest BCUT2D eigenvalue weighted by Gasteiger charge is -2.12. The molecule has 2 aromatic carbocycles. The minimum Gasteiger partial charge on any atom is -0.497 e. The maximum Gasteiger partial charge on any atom is 0.257 e. The summed E-state index contributed by atoms with van der Waals surface area (Å²) < 4.78 is 10.5. The molecule has 0 aliphatic rings. The van der Waals surface area contributed by atoms with Crippen molar-refractivity contribution in [2.75, 3.05) is 24.9 Å². The molecule has 7 nitrogen and oxygen atoms in total. The van der Waals surface area contributed by atoms with E-state index in [0.29, 0.717) is 28.7 Å². The van der Waals surface area contributed by atoms with Gasteiger partial charge >= 0.3 is 0 Å². The first-order chi connectivity index (χ1) is 13.1. The second-order valence-corrected chi connectivity index (χ2v) is 5.76. The Kier molecular flexibility index (Phi) is 5.51. The number of carbonyl (C=O) groups excluding carboxylic acids is 1. The van der Waals surface area contributed by atoms with Crippen molar-refractivity contribution < 1.29 is 14.3 Å². The van der Waals surface area contributed by atoms with Crippen molar-refractivity contribution in [1.29, 1.82) is 0 Å². The molecule has 3 aromatic rings. The minimum absolute atomic E-state index is 0.222. The van der Waals surface area contributed by atoms with E-state index in [-0.39, 0.29) is 5.91 Å². The molecule has 0 saturated heterocycles. The van der Waals surface area contributed by atoms with Crippen molar-refractivity contribution in [3.8, 4) is 11.5 Å². The summed E-state index contributed by atoms with van der Waals surface area (Å²) in [5.41, 5.74) is 2.22. The molecule has 3 rings (SSSR count). The number of ether oxygens (including phenoxy) is 2. The second kappa shape index (κ2) is 8.18. The molecule has 0 aliphatic heterocycles. The zero-order valence-corrected chi connectivity index (χ0v) is 15.3. The third-order valence-corrected chi connectivity index (χ3v) is 3.97. The van der Waals surface area contributed by atoms with Crippen LogP contribution in [0.4, 0.5) is 17.3 Å². The number of rotatable bonds is 6. The number of carbonyl (C=O) groups is 1. The van der Waals surface area contributed by atoms with Crippen LogP contribution in [0, 0.1) is 6.92 Å². The summed E-state index contributed by atoms with van der Waals surface area (Å²) >= 11 is 0. The molecule has 0 aliphatic carbocycles. The number of aryl methyl sites for hydroxylation is 1. The van der Waals surface area contributed by atoms with Crippen molar-refractivity contribution in [2.45, 2.75) is 6.92 Å². The van der Waals surface area contributed by atoms with Crippen LogP contribution in [-0.4, -0.2) is 30.3 Å². The summed E-state index contributed by atoms with van der Waals surface area (Å²) in [7, 11) is 3.17. The second-order valence-electron chi connectivity index (χ2n) is 5.76. The average molecular weight is 364 g/mol. The molecule has 0 atom stereocenters. The van der Waals surface area contributed by atoms with Crippen LogP contribution >= 0.6 is 0 Å². The number of amides is 1. The van der Waals surface area contributed by atoms with Gasteiger partial charge in [0.05, 0.1) is 19.9 Å². The van der Waals surface area contributed by atoms with E-state index in [0.717, 1.165) is 11.3 Å². The number of anilines is 3. The molecule has 0 fully saturated rings. The maximum atomic E-state index is 12.3. The molecule has 7 heteroatoms. The highest BCUT2D eigenvalue weighted by Gasteiger charge is 2.10. The van der Waals surface area contributed by atoms with E-state index in [2.05, 4.69) is 20.8 Å². The van der Waals surface area contributed by atoms with Gasteiger partial charge in [-0.25, -0.2) is 0 Å². The molecule has 27 heavy (non-hydrogen) atoms. The highest BCUT2D eigenvalue weighted by Crippen LogP contribution is 2.30. The summed E-state index contributed by atoms with van der Waals surface area (Å²) in [6, 6.07) is 16.2. The highest BCUT2D eigenvalue weighted by atomic mass is 16.5. The summed E-state index contributed by atoms with van der Waals surface area (Å²) in [6.07, 6.45) is 0. The van der Waals surface area contributed by atoms with E-state index in [1.54, 1.807) is 38.5 Å². The topological polar surface area (TPSA) is 85.4 Å². The lowest BCUT2D eigenvalue weighted by molar-refractivity contribution is 0.102. The Morgan fingerprint density at radius 2 is 1.67 bits per heavy atom. The van der Waals surface area contributed by atoms with Gasteiger partial charge in [0.25, 0.3) is 5.91 Å². The van der Waals surface area contributed by atoms with Crippen molar-refractivity contribution in [3.63, 3.8) is 0 Å². The Balaban J connectivity index is 1.71. The third kappa shape index (κ3) is 4.33. The number of nitrogens with one attached hydrogen (secondary N) is 2. The number of hydrogen-bond donors (Lipinski definition) is 2. The Labute approximate surface area is 157 Å². The number of benzene rings is 2. The monoisotopic (exact) mass is 364 g/mol. The molecule has 0 saturated carbocycles. The predicted molar refractivity (Wildman–Crippen MR) is 104 cm³/mol. The number of hydrogen-bond acceptors (Lipinski definition) is 6. The van der Waals surface area contributed by atoms with Gasteiger partial charge in [0.15, 0.2) is 11.6 Å². The van der Waals surface area contributed by atoms with Crippen LogP contribution < -0.4 is 20.1 Å². The molecule has 1 amide bonds. The van der Waals surface area contributed by atoms with Crippen LogP contribution in [0.2, 0.25) is 0 Å².